The summed E-state index contributed by atoms with van der Waals surface area (Å²) >= 11 is 6.17. The van der Waals surface area contributed by atoms with Crippen molar-refractivity contribution in [2.75, 3.05) is 25.0 Å². The highest BCUT2D eigenvalue weighted by atomic mass is 35.5. The number of aryl methyl sites for hydroxylation is 1. The first-order valence-electron chi connectivity index (χ1n) is 7.46. The average molecular weight is 297 g/mol. The summed E-state index contributed by atoms with van der Waals surface area (Å²) in [6, 6.07) is 0. The van der Waals surface area contributed by atoms with Crippen LogP contribution in [0.25, 0.3) is 0 Å². The molecule has 1 aromatic heterocycles. The highest BCUT2D eigenvalue weighted by Crippen LogP contribution is 2.23. The Morgan fingerprint density at radius 3 is 2.55 bits per heavy atom. The third-order valence-corrected chi connectivity index (χ3v) is 3.92. The molecule has 0 aliphatic carbocycles. The van der Waals surface area contributed by atoms with Crippen molar-refractivity contribution in [2.24, 2.45) is 0 Å². The van der Waals surface area contributed by atoms with E-state index >= 15 is 0 Å². The third kappa shape index (κ3) is 4.60. The van der Waals surface area contributed by atoms with Gasteiger partial charge in [0.1, 0.15) is 16.7 Å². The summed E-state index contributed by atoms with van der Waals surface area (Å²) in [7, 11) is 0. The van der Waals surface area contributed by atoms with Crippen LogP contribution in [0, 0.1) is 6.92 Å². The van der Waals surface area contributed by atoms with Gasteiger partial charge in [0.05, 0.1) is 6.20 Å². The van der Waals surface area contributed by atoms with Gasteiger partial charge in [-0.1, -0.05) is 24.4 Å². The number of likely N-dealkylation sites (tertiary alicyclic amines) is 1. The number of anilines is 1. The van der Waals surface area contributed by atoms with Gasteiger partial charge < -0.3 is 10.2 Å². The molecule has 1 saturated heterocycles. The molecule has 0 aromatic carbocycles. The lowest BCUT2D eigenvalue weighted by atomic mass is 10.0. The summed E-state index contributed by atoms with van der Waals surface area (Å²) < 4.78 is 0. The van der Waals surface area contributed by atoms with Gasteiger partial charge in [-0.15, -0.1) is 0 Å². The van der Waals surface area contributed by atoms with E-state index in [9.17, 15) is 0 Å². The van der Waals surface area contributed by atoms with Crippen LogP contribution in [0.4, 0.5) is 5.82 Å². The minimum atomic E-state index is -0.0607. The van der Waals surface area contributed by atoms with Crippen LogP contribution in [-0.2, 0) is 0 Å². The van der Waals surface area contributed by atoms with E-state index < -0.39 is 0 Å². The zero-order chi connectivity index (χ0) is 14.6. The van der Waals surface area contributed by atoms with Crippen LogP contribution in [0.5, 0.6) is 0 Å². The summed E-state index contributed by atoms with van der Waals surface area (Å²) in [5.74, 6) is 1.47. The van der Waals surface area contributed by atoms with Crippen LogP contribution < -0.4 is 5.32 Å². The molecule has 20 heavy (non-hydrogen) atoms. The SMILES string of the molecule is Cc1ncc(Cl)c(NC(C)(C)CN2CCCCCC2)n1. The second-order valence-electron chi connectivity index (χ2n) is 6.31. The molecule has 0 radical (unpaired) electrons. The van der Waals surface area contributed by atoms with E-state index in [1.807, 2.05) is 6.92 Å². The van der Waals surface area contributed by atoms with Crippen molar-refractivity contribution in [3.05, 3.63) is 17.0 Å². The van der Waals surface area contributed by atoms with Crippen molar-refractivity contribution in [2.45, 2.75) is 52.0 Å². The Labute approximate surface area is 126 Å². The van der Waals surface area contributed by atoms with Gasteiger partial charge in [0, 0.05) is 12.1 Å². The quantitative estimate of drug-likeness (QED) is 0.923. The molecule has 0 atom stereocenters. The first-order valence-corrected chi connectivity index (χ1v) is 7.84. The van der Waals surface area contributed by atoms with Crippen molar-refractivity contribution >= 4 is 17.4 Å². The van der Waals surface area contributed by atoms with E-state index in [0.717, 1.165) is 18.2 Å². The molecule has 0 bridgehead atoms. The molecule has 1 fully saturated rings. The van der Waals surface area contributed by atoms with Gasteiger partial charge in [0.2, 0.25) is 0 Å². The van der Waals surface area contributed by atoms with Crippen molar-refractivity contribution in [3.63, 3.8) is 0 Å². The summed E-state index contributed by atoms with van der Waals surface area (Å²) in [6.07, 6.45) is 7.00. The van der Waals surface area contributed by atoms with E-state index in [4.69, 9.17) is 11.6 Å². The normalized spacial score (nSPS) is 17.8. The van der Waals surface area contributed by atoms with Gasteiger partial charge in [-0.3, -0.25) is 0 Å². The summed E-state index contributed by atoms with van der Waals surface area (Å²) in [5, 5.41) is 4.05. The van der Waals surface area contributed by atoms with Crippen LogP contribution >= 0.6 is 11.6 Å². The lowest BCUT2D eigenvalue weighted by Crippen LogP contribution is -2.45. The molecule has 0 unspecified atom stereocenters. The smallest absolute Gasteiger partial charge is 0.149 e. The highest BCUT2D eigenvalue weighted by molar-refractivity contribution is 6.32. The first kappa shape index (κ1) is 15.5. The largest absolute Gasteiger partial charge is 0.363 e. The number of hydrogen-bond donors (Lipinski definition) is 1. The molecule has 1 aliphatic heterocycles. The van der Waals surface area contributed by atoms with Gasteiger partial charge in [0.15, 0.2) is 0 Å². The maximum Gasteiger partial charge on any atom is 0.149 e. The molecule has 2 rings (SSSR count). The Morgan fingerprint density at radius 2 is 1.90 bits per heavy atom. The molecule has 5 heteroatoms. The molecule has 0 saturated carbocycles. The number of aromatic nitrogens is 2. The first-order chi connectivity index (χ1) is 9.46. The second kappa shape index (κ2) is 6.72. The fourth-order valence-electron chi connectivity index (χ4n) is 2.76. The molecule has 2 heterocycles. The average Bonchev–Trinajstić information content (AvgIpc) is 2.61. The van der Waals surface area contributed by atoms with Gasteiger partial charge in [-0.25, -0.2) is 9.97 Å². The summed E-state index contributed by atoms with van der Waals surface area (Å²) in [5.41, 5.74) is -0.0607. The van der Waals surface area contributed by atoms with Crippen LogP contribution in [0.15, 0.2) is 6.20 Å². The molecule has 1 N–H and O–H groups in total. The van der Waals surface area contributed by atoms with Crippen LogP contribution in [-0.4, -0.2) is 40.0 Å². The maximum absolute atomic E-state index is 6.17. The van der Waals surface area contributed by atoms with Crippen LogP contribution in [0.2, 0.25) is 5.02 Å². The lowest BCUT2D eigenvalue weighted by molar-refractivity contribution is 0.243. The monoisotopic (exact) mass is 296 g/mol. The maximum atomic E-state index is 6.17. The van der Waals surface area contributed by atoms with Crippen LogP contribution in [0.3, 0.4) is 0 Å². The van der Waals surface area contributed by atoms with Crippen molar-refractivity contribution in [3.8, 4) is 0 Å². The lowest BCUT2D eigenvalue weighted by Gasteiger charge is -2.33. The molecule has 112 valence electrons. The third-order valence-electron chi connectivity index (χ3n) is 3.64. The van der Waals surface area contributed by atoms with Crippen molar-refractivity contribution < 1.29 is 0 Å². The van der Waals surface area contributed by atoms with E-state index in [1.165, 1.54) is 38.8 Å². The number of nitrogens with zero attached hydrogens (tertiary/aromatic N) is 3. The molecule has 4 nitrogen and oxygen atoms in total. The standard InChI is InChI=1S/C15H25ClN4/c1-12-17-10-13(16)14(18-12)19-15(2,3)11-20-8-6-4-5-7-9-20/h10H,4-9,11H2,1-3H3,(H,17,18,19). The predicted molar refractivity (Wildman–Crippen MR) is 84.4 cm³/mol. The molecule has 0 amide bonds. The van der Waals surface area contributed by atoms with E-state index in [-0.39, 0.29) is 5.54 Å². The predicted octanol–water partition coefficient (Wildman–Crippen LogP) is 3.50. The Hall–Kier alpha value is -0.870. The van der Waals surface area contributed by atoms with Crippen molar-refractivity contribution in [1.29, 1.82) is 0 Å². The molecular formula is C15H25ClN4. The minimum Gasteiger partial charge on any atom is -0.363 e. The van der Waals surface area contributed by atoms with Gasteiger partial charge >= 0.3 is 0 Å². The second-order valence-corrected chi connectivity index (χ2v) is 6.72. The Bertz CT molecular complexity index is 439. The number of rotatable bonds is 4. The molecular weight excluding hydrogens is 272 g/mol. The molecule has 1 aliphatic rings. The zero-order valence-electron chi connectivity index (χ0n) is 12.7. The Morgan fingerprint density at radius 1 is 1.25 bits per heavy atom. The summed E-state index contributed by atoms with van der Waals surface area (Å²) in [6.45, 7) is 9.68. The fourth-order valence-corrected chi connectivity index (χ4v) is 2.89. The number of nitrogens with one attached hydrogen (secondary N) is 1. The van der Waals surface area contributed by atoms with Gasteiger partial charge in [0.25, 0.3) is 0 Å². The number of hydrogen-bond acceptors (Lipinski definition) is 4. The van der Waals surface area contributed by atoms with E-state index in [2.05, 4.69) is 34.0 Å². The minimum absolute atomic E-state index is 0.0607. The van der Waals surface area contributed by atoms with Gasteiger partial charge in [-0.05, 0) is 46.7 Å². The van der Waals surface area contributed by atoms with E-state index in [0.29, 0.717) is 5.02 Å². The Balaban J connectivity index is 2.00. The topological polar surface area (TPSA) is 41.1 Å². The Kier molecular flexibility index (Phi) is 5.22. The van der Waals surface area contributed by atoms with E-state index in [1.54, 1.807) is 6.20 Å². The number of halogens is 1. The summed E-state index contributed by atoms with van der Waals surface area (Å²) in [4.78, 5) is 11.0. The van der Waals surface area contributed by atoms with Crippen molar-refractivity contribution in [1.82, 2.24) is 14.9 Å². The highest BCUT2D eigenvalue weighted by Gasteiger charge is 2.23. The molecule has 0 spiro atoms. The zero-order valence-corrected chi connectivity index (χ0v) is 13.5. The fraction of sp³-hybridized carbons (Fsp3) is 0.733. The van der Waals surface area contributed by atoms with Gasteiger partial charge in [-0.2, -0.15) is 0 Å². The molecule has 1 aromatic rings. The van der Waals surface area contributed by atoms with Crippen LogP contribution in [0.1, 0.15) is 45.4 Å².